The van der Waals surface area contributed by atoms with E-state index in [1.807, 2.05) is 6.07 Å². The third-order valence-corrected chi connectivity index (χ3v) is 3.36. The Kier molecular flexibility index (Phi) is 7.55. The molecule has 0 aromatic heterocycles. The third-order valence-electron chi connectivity index (χ3n) is 3.36. The van der Waals surface area contributed by atoms with E-state index in [2.05, 4.69) is 17.6 Å². The summed E-state index contributed by atoms with van der Waals surface area (Å²) >= 11 is 0. The Hall–Kier alpha value is -1.71. The average Bonchev–Trinajstić information content (AvgIpc) is 2.45. The van der Waals surface area contributed by atoms with Crippen LogP contribution < -0.4 is 16.4 Å². The van der Waals surface area contributed by atoms with Crippen molar-refractivity contribution in [1.82, 2.24) is 5.32 Å². The molecular weight excluding hydrogens is 250 g/mol. The number of hydrogen-bond acceptors (Lipinski definition) is 3. The molecule has 0 aliphatic rings. The van der Waals surface area contributed by atoms with Crippen molar-refractivity contribution in [1.29, 1.82) is 0 Å². The lowest BCUT2D eigenvalue weighted by Crippen LogP contribution is -2.20. The molecule has 1 amide bonds. The van der Waals surface area contributed by atoms with Crippen LogP contribution in [0.5, 0.6) is 0 Å². The maximum Gasteiger partial charge on any atom is 0.253 e. The number of benzene rings is 1. The van der Waals surface area contributed by atoms with Crippen molar-refractivity contribution < 1.29 is 4.79 Å². The summed E-state index contributed by atoms with van der Waals surface area (Å²) in [5.41, 5.74) is 7.92. The van der Waals surface area contributed by atoms with Crippen LogP contribution in [-0.4, -0.2) is 19.5 Å². The minimum atomic E-state index is -0.0876. The summed E-state index contributed by atoms with van der Waals surface area (Å²) in [6, 6.07) is 5.33. The SMILES string of the molecule is CCCCCCCCNc1cc(N)ccc1C(=O)NC. The fraction of sp³-hybridized carbons (Fsp3) is 0.562. The van der Waals surface area contributed by atoms with Crippen molar-refractivity contribution in [3.8, 4) is 0 Å². The Morgan fingerprint density at radius 2 is 1.85 bits per heavy atom. The van der Waals surface area contributed by atoms with E-state index in [9.17, 15) is 4.79 Å². The first-order chi connectivity index (χ1) is 9.69. The monoisotopic (exact) mass is 277 g/mol. The Morgan fingerprint density at radius 3 is 2.55 bits per heavy atom. The molecule has 1 rings (SSSR count). The smallest absolute Gasteiger partial charge is 0.253 e. The summed E-state index contributed by atoms with van der Waals surface area (Å²) in [5, 5.41) is 5.97. The summed E-state index contributed by atoms with van der Waals surface area (Å²) in [4.78, 5) is 11.8. The van der Waals surface area contributed by atoms with Gasteiger partial charge in [0.15, 0.2) is 0 Å². The number of amides is 1. The summed E-state index contributed by atoms with van der Waals surface area (Å²) in [6.45, 7) is 3.10. The number of carbonyl (C=O) groups is 1. The second-order valence-electron chi connectivity index (χ2n) is 5.08. The van der Waals surface area contributed by atoms with Crippen LogP contribution in [0.1, 0.15) is 55.8 Å². The van der Waals surface area contributed by atoms with Crippen LogP contribution in [0.2, 0.25) is 0 Å². The second kappa shape index (κ2) is 9.23. The van der Waals surface area contributed by atoms with Gasteiger partial charge in [0.05, 0.1) is 5.56 Å². The van der Waals surface area contributed by atoms with Gasteiger partial charge in [0.1, 0.15) is 0 Å². The van der Waals surface area contributed by atoms with Gasteiger partial charge in [-0.05, 0) is 24.6 Å². The number of nitrogens with one attached hydrogen (secondary N) is 2. The van der Waals surface area contributed by atoms with Gasteiger partial charge in [-0.15, -0.1) is 0 Å². The number of carbonyl (C=O) groups excluding carboxylic acids is 1. The minimum Gasteiger partial charge on any atom is -0.399 e. The largest absolute Gasteiger partial charge is 0.399 e. The zero-order valence-electron chi connectivity index (χ0n) is 12.7. The molecule has 112 valence electrons. The van der Waals surface area contributed by atoms with E-state index in [1.165, 1.54) is 32.1 Å². The van der Waals surface area contributed by atoms with Crippen LogP contribution in [0.15, 0.2) is 18.2 Å². The van der Waals surface area contributed by atoms with Crippen molar-refractivity contribution in [2.45, 2.75) is 45.4 Å². The number of unbranched alkanes of at least 4 members (excludes halogenated alkanes) is 5. The summed E-state index contributed by atoms with van der Waals surface area (Å²) in [7, 11) is 1.64. The van der Waals surface area contributed by atoms with Crippen molar-refractivity contribution in [3.63, 3.8) is 0 Å². The molecule has 0 fully saturated rings. The lowest BCUT2D eigenvalue weighted by molar-refractivity contribution is 0.0964. The normalized spacial score (nSPS) is 10.3. The Balaban J connectivity index is 2.42. The number of nitrogens with two attached hydrogens (primary N) is 1. The van der Waals surface area contributed by atoms with Gasteiger partial charge in [-0.2, -0.15) is 0 Å². The highest BCUT2D eigenvalue weighted by molar-refractivity contribution is 6.00. The standard InChI is InChI=1S/C16H27N3O/c1-3-4-5-6-7-8-11-19-15-12-13(17)9-10-14(15)16(20)18-2/h9-10,12,19H,3-8,11,17H2,1-2H3,(H,18,20). The van der Waals surface area contributed by atoms with Crippen LogP contribution in [0.3, 0.4) is 0 Å². The van der Waals surface area contributed by atoms with Gasteiger partial charge < -0.3 is 16.4 Å². The predicted molar refractivity (Wildman–Crippen MR) is 86.1 cm³/mol. The minimum absolute atomic E-state index is 0.0876. The molecule has 1 aromatic carbocycles. The number of anilines is 2. The number of hydrogen-bond donors (Lipinski definition) is 3. The Labute approximate surface area is 122 Å². The second-order valence-corrected chi connectivity index (χ2v) is 5.08. The fourth-order valence-corrected chi connectivity index (χ4v) is 2.17. The van der Waals surface area contributed by atoms with Crippen molar-refractivity contribution in [3.05, 3.63) is 23.8 Å². The van der Waals surface area contributed by atoms with Crippen molar-refractivity contribution >= 4 is 17.3 Å². The predicted octanol–water partition coefficient (Wildman–Crippen LogP) is 3.40. The molecule has 0 aliphatic carbocycles. The van der Waals surface area contributed by atoms with Gasteiger partial charge in [-0.3, -0.25) is 4.79 Å². The maximum atomic E-state index is 11.8. The van der Waals surface area contributed by atoms with Crippen molar-refractivity contribution in [2.24, 2.45) is 0 Å². The molecule has 0 radical (unpaired) electrons. The zero-order chi connectivity index (χ0) is 14.8. The van der Waals surface area contributed by atoms with E-state index in [0.29, 0.717) is 11.3 Å². The molecule has 0 saturated heterocycles. The van der Waals surface area contributed by atoms with E-state index in [1.54, 1.807) is 19.2 Å². The van der Waals surface area contributed by atoms with E-state index >= 15 is 0 Å². The lowest BCUT2D eigenvalue weighted by Gasteiger charge is -2.12. The van der Waals surface area contributed by atoms with Crippen LogP contribution in [0, 0.1) is 0 Å². The van der Waals surface area contributed by atoms with Gasteiger partial charge in [0.25, 0.3) is 5.91 Å². The first kappa shape index (κ1) is 16.3. The van der Waals surface area contributed by atoms with Gasteiger partial charge in [-0.25, -0.2) is 0 Å². The molecule has 4 nitrogen and oxygen atoms in total. The fourth-order valence-electron chi connectivity index (χ4n) is 2.17. The zero-order valence-corrected chi connectivity index (χ0v) is 12.7. The molecule has 0 heterocycles. The van der Waals surface area contributed by atoms with Crippen molar-refractivity contribution in [2.75, 3.05) is 24.6 Å². The lowest BCUT2D eigenvalue weighted by atomic mass is 10.1. The summed E-state index contributed by atoms with van der Waals surface area (Å²) < 4.78 is 0. The van der Waals surface area contributed by atoms with E-state index in [-0.39, 0.29) is 5.91 Å². The first-order valence-electron chi connectivity index (χ1n) is 7.54. The topological polar surface area (TPSA) is 67.1 Å². The Morgan fingerprint density at radius 1 is 1.15 bits per heavy atom. The van der Waals surface area contributed by atoms with Gasteiger partial charge in [-0.1, -0.05) is 39.0 Å². The van der Waals surface area contributed by atoms with Gasteiger partial charge in [0.2, 0.25) is 0 Å². The average molecular weight is 277 g/mol. The van der Waals surface area contributed by atoms with Gasteiger partial charge in [0, 0.05) is 25.0 Å². The molecule has 4 N–H and O–H groups in total. The molecule has 0 aliphatic heterocycles. The van der Waals surface area contributed by atoms with E-state index < -0.39 is 0 Å². The number of rotatable bonds is 9. The van der Waals surface area contributed by atoms with E-state index in [0.717, 1.165) is 18.7 Å². The summed E-state index contributed by atoms with van der Waals surface area (Å²) in [6.07, 6.45) is 7.55. The quantitative estimate of drug-likeness (QED) is 0.478. The Bertz CT molecular complexity index is 418. The first-order valence-corrected chi connectivity index (χ1v) is 7.54. The van der Waals surface area contributed by atoms with Gasteiger partial charge >= 0.3 is 0 Å². The van der Waals surface area contributed by atoms with Crippen LogP contribution in [-0.2, 0) is 0 Å². The molecule has 0 atom stereocenters. The van der Waals surface area contributed by atoms with Crippen LogP contribution in [0.25, 0.3) is 0 Å². The summed E-state index contributed by atoms with van der Waals surface area (Å²) in [5.74, 6) is -0.0876. The highest BCUT2D eigenvalue weighted by atomic mass is 16.1. The molecule has 0 saturated carbocycles. The molecule has 1 aromatic rings. The molecular formula is C16H27N3O. The highest BCUT2D eigenvalue weighted by Gasteiger charge is 2.09. The maximum absolute atomic E-state index is 11.8. The molecule has 0 spiro atoms. The van der Waals surface area contributed by atoms with Crippen LogP contribution >= 0.6 is 0 Å². The number of nitrogen functional groups attached to an aromatic ring is 1. The highest BCUT2D eigenvalue weighted by Crippen LogP contribution is 2.19. The molecule has 20 heavy (non-hydrogen) atoms. The molecule has 0 unspecified atom stereocenters. The molecule has 4 heteroatoms. The van der Waals surface area contributed by atoms with Crippen LogP contribution in [0.4, 0.5) is 11.4 Å². The van der Waals surface area contributed by atoms with E-state index in [4.69, 9.17) is 5.73 Å². The third kappa shape index (κ3) is 5.51. The molecule has 0 bridgehead atoms.